The van der Waals surface area contributed by atoms with Crippen molar-refractivity contribution in [1.29, 1.82) is 0 Å². The molecule has 3 heteroatoms. The van der Waals surface area contributed by atoms with Crippen LogP contribution in [0, 0.1) is 0 Å². The number of benzene rings is 1. The van der Waals surface area contributed by atoms with Crippen LogP contribution in [0.25, 0.3) is 0 Å². The highest BCUT2D eigenvalue weighted by Gasteiger charge is 2.17. The highest BCUT2D eigenvalue weighted by molar-refractivity contribution is 5.26. The van der Waals surface area contributed by atoms with Gasteiger partial charge in [0.2, 0.25) is 6.29 Å². The summed E-state index contributed by atoms with van der Waals surface area (Å²) >= 11 is 0. The molecule has 3 nitrogen and oxygen atoms in total. The van der Waals surface area contributed by atoms with Crippen LogP contribution in [0.1, 0.15) is 11.1 Å². The van der Waals surface area contributed by atoms with Crippen LogP contribution >= 0.6 is 0 Å². The predicted molar refractivity (Wildman–Crippen MR) is 61.7 cm³/mol. The van der Waals surface area contributed by atoms with Gasteiger partial charge in [-0.1, -0.05) is 30.8 Å². The molecule has 0 aliphatic carbocycles. The monoisotopic (exact) mass is 220 g/mol. The number of fused-ring (bicyclic) bond motifs is 1. The fourth-order valence-electron chi connectivity index (χ4n) is 1.74. The number of quaternary nitrogens is 1. The lowest BCUT2D eigenvalue weighted by molar-refractivity contribution is -0.660. The number of ether oxygens (including phenoxy) is 2. The molecule has 0 saturated carbocycles. The molecule has 0 atom stereocenters. The van der Waals surface area contributed by atoms with Crippen LogP contribution in [0.2, 0.25) is 0 Å². The first-order valence-corrected chi connectivity index (χ1v) is 5.62. The molecule has 2 rings (SSSR count). The second-order valence-corrected chi connectivity index (χ2v) is 3.87. The maximum atomic E-state index is 5.69. The smallest absolute Gasteiger partial charge is 0.208 e. The molecular formula is C13H18NO2+. The molecule has 1 aliphatic rings. The van der Waals surface area contributed by atoms with Crippen molar-refractivity contribution in [3.05, 3.63) is 48.0 Å². The largest absolute Gasteiger partial charge is 0.343 e. The Morgan fingerprint density at radius 3 is 2.44 bits per heavy atom. The van der Waals surface area contributed by atoms with Crippen molar-refractivity contribution < 1.29 is 14.8 Å². The Bertz CT molecular complexity index is 325. The number of hydrogen-bond acceptors (Lipinski definition) is 2. The molecule has 0 bridgehead atoms. The Hall–Kier alpha value is -1.16. The third kappa shape index (κ3) is 2.92. The fourth-order valence-corrected chi connectivity index (χ4v) is 1.74. The second-order valence-electron chi connectivity index (χ2n) is 3.87. The Morgan fingerprint density at radius 2 is 1.88 bits per heavy atom. The van der Waals surface area contributed by atoms with Crippen molar-refractivity contribution in [1.82, 2.24) is 0 Å². The minimum Gasteiger partial charge on any atom is -0.343 e. The lowest BCUT2D eigenvalue weighted by atomic mass is 10.1. The van der Waals surface area contributed by atoms with Gasteiger partial charge in [-0.2, -0.15) is 0 Å². The first kappa shape index (κ1) is 11.3. The first-order chi connectivity index (χ1) is 7.90. The van der Waals surface area contributed by atoms with Crippen LogP contribution in [0.5, 0.6) is 0 Å². The van der Waals surface area contributed by atoms with E-state index in [2.05, 4.69) is 24.0 Å². The summed E-state index contributed by atoms with van der Waals surface area (Å²) < 4.78 is 11.4. The highest BCUT2D eigenvalue weighted by atomic mass is 16.7. The Labute approximate surface area is 96.1 Å². The van der Waals surface area contributed by atoms with Gasteiger partial charge in [0, 0.05) is 0 Å². The van der Waals surface area contributed by atoms with Crippen LogP contribution in [-0.4, -0.2) is 19.4 Å². The van der Waals surface area contributed by atoms with E-state index in [1.807, 2.05) is 18.2 Å². The van der Waals surface area contributed by atoms with E-state index in [1.165, 1.54) is 11.1 Å². The molecule has 0 saturated heterocycles. The number of nitrogens with two attached hydrogens (primary N) is 1. The van der Waals surface area contributed by atoms with E-state index in [-0.39, 0.29) is 6.29 Å². The quantitative estimate of drug-likeness (QED) is 0.602. The van der Waals surface area contributed by atoms with Gasteiger partial charge in [-0.05, 0) is 17.2 Å². The van der Waals surface area contributed by atoms with E-state index in [1.54, 1.807) is 0 Å². The van der Waals surface area contributed by atoms with Gasteiger partial charge in [0.15, 0.2) is 0 Å². The van der Waals surface area contributed by atoms with Gasteiger partial charge in [0.1, 0.15) is 6.54 Å². The average molecular weight is 220 g/mol. The first-order valence-electron chi connectivity index (χ1n) is 5.62. The topological polar surface area (TPSA) is 35.1 Å². The summed E-state index contributed by atoms with van der Waals surface area (Å²) in [6, 6.07) is 8.25. The zero-order valence-corrected chi connectivity index (χ0v) is 9.39. The minimum atomic E-state index is -0.118. The van der Waals surface area contributed by atoms with Gasteiger partial charge >= 0.3 is 0 Å². The van der Waals surface area contributed by atoms with Gasteiger partial charge in [-0.25, -0.2) is 0 Å². The standard InChI is InChI=1S/C13H17NO2/c1-2-7-14-8-13-15-9-11-5-3-4-6-12(11)10-16-13/h2-6,13-14H,1,7-10H2/p+1. The SMILES string of the molecule is C=CC[NH2+]CC1OCc2ccccc2CO1. The normalized spacial score (nSPS) is 16.5. The van der Waals surface area contributed by atoms with Crippen LogP contribution < -0.4 is 5.32 Å². The van der Waals surface area contributed by atoms with Crippen LogP contribution in [0.3, 0.4) is 0 Å². The maximum absolute atomic E-state index is 5.69. The summed E-state index contributed by atoms with van der Waals surface area (Å²) in [5, 5.41) is 2.13. The molecule has 0 fully saturated rings. The van der Waals surface area contributed by atoms with E-state index < -0.39 is 0 Å². The Balaban J connectivity index is 1.89. The molecule has 1 aromatic rings. The Morgan fingerprint density at radius 1 is 1.25 bits per heavy atom. The van der Waals surface area contributed by atoms with E-state index in [9.17, 15) is 0 Å². The molecule has 0 unspecified atom stereocenters. The van der Waals surface area contributed by atoms with Gasteiger partial charge in [0.05, 0.1) is 19.8 Å². The fraction of sp³-hybridized carbons (Fsp3) is 0.385. The second kappa shape index (κ2) is 5.80. The van der Waals surface area contributed by atoms with E-state index in [0.29, 0.717) is 13.2 Å². The summed E-state index contributed by atoms with van der Waals surface area (Å²) in [6.07, 6.45) is 1.76. The number of hydrogen-bond donors (Lipinski definition) is 1. The summed E-state index contributed by atoms with van der Waals surface area (Å²) in [6.45, 7) is 6.68. The average Bonchev–Trinajstić information content (AvgIpc) is 2.53. The lowest BCUT2D eigenvalue weighted by Crippen LogP contribution is -2.86. The molecule has 0 amide bonds. The van der Waals surface area contributed by atoms with Crippen molar-refractivity contribution >= 4 is 0 Å². The van der Waals surface area contributed by atoms with Crippen molar-refractivity contribution in [2.45, 2.75) is 19.5 Å². The van der Waals surface area contributed by atoms with E-state index in [0.717, 1.165) is 13.1 Å². The van der Waals surface area contributed by atoms with Crippen molar-refractivity contribution in [2.24, 2.45) is 0 Å². The molecule has 16 heavy (non-hydrogen) atoms. The van der Waals surface area contributed by atoms with Gasteiger partial charge in [-0.15, -0.1) is 0 Å². The van der Waals surface area contributed by atoms with E-state index in [4.69, 9.17) is 9.47 Å². The molecule has 86 valence electrons. The molecule has 2 N–H and O–H groups in total. The predicted octanol–water partition coefficient (Wildman–Crippen LogP) is 0.809. The summed E-state index contributed by atoms with van der Waals surface area (Å²) in [5.74, 6) is 0. The zero-order valence-electron chi connectivity index (χ0n) is 9.39. The van der Waals surface area contributed by atoms with Crippen LogP contribution in [0.15, 0.2) is 36.9 Å². The molecule has 0 spiro atoms. The van der Waals surface area contributed by atoms with Gasteiger partial charge in [0.25, 0.3) is 0 Å². The summed E-state index contributed by atoms with van der Waals surface area (Å²) in [5.41, 5.74) is 2.46. The molecule has 1 heterocycles. The highest BCUT2D eigenvalue weighted by Crippen LogP contribution is 2.17. The third-order valence-electron chi connectivity index (χ3n) is 2.66. The molecule has 0 aromatic heterocycles. The molecule has 1 aromatic carbocycles. The number of rotatable bonds is 4. The van der Waals surface area contributed by atoms with Crippen molar-refractivity contribution in [3.63, 3.8) is 0 Å². The molecular weight excluding hydrogens is 202 g/mol. The van der Waals surface area contributed by atoms with E-state index >= 15 is 0 Å². The minimum absolute atomic E-state index is 0.118. The third-order valence-corrected chi connectivity index (χ3v) is 2.66. The van der Waals surface area contributed by atoms with Crippen LogP contribution in [-0.2, 0) is 22.7 Å². The van der Waals surface area contributed by atoms with Crippen molar-refractivity contribution in [2.75, 3.05) is 13.1 Å². The summed E-state index contributed by atoms with van der Waals surface area (Å²) in [7, 11) is 0. The molecule has 0 radical (unpaired) electrons. The summed E-state index contributed by atoms with van der Waals surface area (Å²) in [4.78, 5) is 0. The van der Waals surface area contributed by atoms with Gasteiger partial charge in [-0.3, -0.25) is 0 Å². The Kier molecular flexibility index (Phi) is 4.10. The molecule has 1 aliphatic heterocycles. The van der Waals surface area contributed by atoms with Crippen molar-refractivity contribution in [3.8, 4) is 0 Å². The zero-order chi connectivity index (χ0) is 11.2. The lowest BCUT2D eigenvalue weighted by Gasteiger charge is -2.12. The maximum Gasteiger partial charge on any atom is 0.208 e. The van der Waals surface area contributed by atoms with Gasteiger partial charge < -0.3 is 14.8 Å². The van der Waals surface area contributed by atoms with Crippen LogP contribution in [0.4, 0.5) is 0 Å².